The van der Waals surface area contributed by atoms with E-state index in [9.17, 15) is 4.79 Å². The van der Waals surface area contributed by atoms with Crippen molar-refractivity contribution >= 4 is 5.97 Å². The third-order valence-corrected chi connectivity index (χ3v) is 4.96. The molecule has 3 heteroatoms. The maximum atomic E-state index is 10.9. The Morgan fingerprint density at radius 1 is 0.815 bits per heavy atom. The minimum Gasteiger partial charge on any atom is -0.463 e. The summed E-state index contributed by atoms with van der Waals surface area (Å²) in [6, 6.07) is 6.18. The van der Waals surface area contributed by atoms with Gasteiger partial charge >= 0.3 is 5.97 Å². The second-order valence-corrected chi connectivity index (χ2v) is 7.39. The van der Waals surface area contributed by atoms with Gasteiger partial charge < -0.3 is 4.74 Å². The summed E-state index contributed by atoms with van der Waals surface area (Å²) in [6.45, 7) is 3.92. The molecule has 0 bridgehead atoms. The molecule has 1 heterocycles. The van der Waals surface area contributed by atoms with Gasteiger partial charge in [0.2, 0.25) is 0 Å². The fourth-order valence-electron chi connectivity index (χ4n) is 3.31. The molecule has 0 aliphatic carbocycles. The number of aryl methyl sites for hydroxylation is 1. The van der Waals surface area contributed by atoms with Crippen LogP contribution < -0.4 is 0 Å². The van der Waals surface area contributed by atoms with E-state index in [-0.39, 0.29) is 5.97 Å². The predicted molar refractivity (Wildman–Crippen MR) is 114 cm³/mol. The molecule has 1 rings (SSSR count). The molecule has 0 amide bonds. The van der Waals surface area contributed by atoms with Crippen LogP contribution in [0.1, 0.15) is 95.6 Å². The van der Waals surface area contributed by atoms with Crippen molar-refractivity contribution in [2.24, 2.45) is 0 Å². The highest BCUT2D eigenvalue weighted by molar-refractivity contribution is 5.81. The first kappa shape index (κ1) is 23.4. The highest BCUT2D eigenvalue weighted by atomic mass is 16.5. The maximum Gasteiger partial charge on any atom is 0.330 e. The van der Waals surface area contributed by atoms with Crippen molar-refractivity contribution < 1.29 is 9.53 Å². The third-order valence-electron chi connectivity index (χ3n) is 4.96. The Kier molecular flexibility index (Phi) is 15.4. The Morgan fingerprint density at radius 3 is 1.81 bits per heavy atom. The van der Waals surface area contributed by atoms with E-state index in [0.717, 1.165) is 19.3 Å². The summed E-state index contributed by atoms with van der Waals surface area (Å²) in [4.78, 5) is 15.2. The van der Waals surface area contributed by atoms with Crippen molar-refractivity contribution in [3.05, 3.63) is 42.7 Å². The maximum absolute atomic E-state index is 10.9. The highest BCUT2D eigenvalue weighted by Crippen LogP contribution is 2.13. The van der Waals surface area contributed by atoms with Crippen LogP contribution in [0, 0.1) is 0 Å². The number of esters is 1. The molecule has 152 valence electrons. The lowest BCUT2D eigenvalue weighted by molar-refractivity contribution is -0.137. The molecule has 0 radical (unpaired) electrons. The number of nitrogens with zero attached hydrogens (tertiary/aromatic N) is 1. The van der Waals surface area contributed by atoms with Crippen molar-refractivity contribution in [1.82, 2.24) is 4.98 Å². The van der Waals surface area contributed by atoms with Gasteiger partial charge in [-0.2, -0.15) is 0 Å². The predicted octanol–water partition coefficient (Wildman–Crippen LogP) is 6.81. The number of hydrogen-bond donors (Lipinski definition) is 0. The quantitative estimate of drug-likeness (QED) is 0.161. The number of pyridine rings is 1. The summed E-state index contributed by atoms with van der Waals surface area (Å²) >= 11 is 0. The van der Waals surface area contributed by atoms with Crippen molar-refractivity contribution in [3.8, 4) is 0 Å². The smallest absolute Gasteiger partial charge is 0.330 e. The Bertz CT molecular complexity index is 473. The van der Waals surface area contributed by atoms with Crippen molar-refractivity contribution in [2.75, 3.05) is 6.61 Å². The largest absolute Gasteiger partial charge is 0.463 e. The van der Waals surface area contributed by atoms with E-state index >= 15 is 0 Å². The molecule has 0 aliphatic rings. The summed E-state index contributed by atoms with van der Waals surface area (Å²) in [5.74, 6) is -0.306. The lowest BCUT2D eigenvalue weighted by Crippen LogP contribution is -2.01. The lowest BCUT2D eigenvalue weighted by Gasteiger charge is -2.04. The van der Waals surface area contributed by atoms with Crippen LogP contribution >= 0.6 is 0 Å². The van der Waals surface area contributed by atoms with Crippen LogP contribution in [-0.2, 0) is 16.0 Å². The van der Waals surface area contributed by atoms with E-state index in [1.165, 1.54) is 88.8 Å². The number of carbonyl (C=O) groups is 1. The van der Waals surface area contributed by atoms with Crippen LogP contribution in [0.25, 0.3) is 0 Å². The van der Waals surface area contributed by atoms with Gasteiger partial charge in [0.25, 0.3) is 0 Å². The molecule has 0 saturated heterocycles. The standard InChI is InChI=1S/C24H39NO2/c1-2-24(26)27-22-18-14-12-10-8-6-4-3-5-7-9-11-13-15-19-23-20-16-17-21-25-23/h2,16-17,20-21H,1,3-15,18-19,22H2. The first-order valence-corrected chi connectivity index (χ1v) is 11.0. The summed E-state index contributed by atoms with van der Waals surface area (Å²) < 4.78 is 4.97. The van der Waals surface area contributed by atoms with E-state index in [1.54, 1.807) is 0 Å². The number of hydrogen-bond acceptors (Lipinski definition) is 3. The van der Waals surface area contributed by atoms with Gasteiger partial charge in [0.15, 0.2) is 0 Å². The third kappa shape index (κ3) is 15.1. The van der Waals surface area contributed by atoms with Crippen molar-refractivity contribution in [2.45, 2.75) is 96.3 Å². The summed E-state index contributed by atoms with van der Waals surface area (Å²) in [6.07, 6.45) is 22.6. The van der Waals surface area contributed by atoms with Gasteiger partial charge in [0.05, 0.1) is 6.61 Å². The molecular formula is C24H39NO2. The van der Waals surface area contributed by atoms with E-state index in [4.69, 9.17) is 4.74 Å². The van der Waals surface area contributed by atoms with Crippen molar-refractivity contribution in [3.63, 3.8) is 0 Å². The molecule has 27 heavy (non-hydrogen) atoms. The number of rotatable bonds is 18. The van der Waals surface area contributed by atoms with Gasteiger partial charge in [0.1, 0.15) is 0 Å². The van der Waals surface area contributed by atoms with Crippen LogP contribution in [0.4, 0.5) is 0 Å². The molecule has 0 aromatic carbocycles. The van der Waals surface area contributed by atoms with E-state index in [2.05, 4.69) is 23.7 Å². The number of unbranched alkanes of at least 4 members (excludes halogenated alkanes) is 13. The van der Waals surface area contributed by atoms with E-state index < -0.39 is 0 Å². The van der Waals surface area contributed by atoms with Gasteiger partial charge in [-0.05, 0) is 31.4 Å². The van der Waals surface area contributed by atoms with E-state index in [1.807, 2.05) is 12.3 Å². The summed E-state index contributed by atoms with van der Waals surface area (Å²) in [5, 5.41) is 0. The van der Waals surface area contributed by atoms with Gasteiger partial charge in [-0.15, -0.1) is 0 Å². The van der Waals surface area contributed by atoms with Crippen LogP contribution in [0.15, 0.2) is 37.1 Å². The highest BCUT2D eigenvalue weighted by Gasteiger charge is 1.97. The molecule has 1 aromatic rings. The second-order valence-electron chi connectivity index (χ2n) is 7.39. The molecule has 0 N–H and O–H groups in total. The van der Waals surface area contributed by atoms with Crippen LogP contribution in [0.5, 0.6) is 0 Å². The van der Waals surface area contributed by atoms with Gasteiger partial charge in [-0.3, -0.25) is 4.98 Å². The normalized spacial score (nSPS) is 10.7. The molecule has 0 unspecified atom stereocenters. The zero-order valence-electron chi connectivity index (χ0n) is 17.2. The Balaban J connectivity index is 1.71. The molecule has 1 aromatic heterocycles. The zero-order valence-corrected chi connectivity index (χ0v) is 17.2. The molecule has 0 aliphatic heterocycles. The Labute approximate surface area is 166 Å². The monoisotopic (exact) mass is 373 g/mol. The molecule has 3 nitrogen and oxygen atoms in total. The van der Waals surface area contributed by atoms with Crippen LogP contribution in [0.2, 0.25) is 0 Å². The molecule has 0 fully saturated rings. The molecule has 0 spiro atoms. The van der Waals surface area contributed by atoms with Crippen LogP contribution in [0.3, 0.4) is 0 Å². The first-order chi connectivity index (χ1) is 13.3. The zero-order chi connectivity index (χ0) is 19.4. The van der Waals surface area contributed by atoms with Gasteiger partial charge in [0, 0.05) is 18.0 Å². The summed E-state index contributed by atoms with van der Waals surface area (Å²) in [5.41, 5.74) is 1.23. The van der Waals surface area contributed by atoms with Crippen LogP contribution in [-0.4, -0.2) is 17.6 Å². The summed E-state index contributed by atoms with van der Waals surface area (Å²) in [7, 11) is 0. The first-order valence-electron chi connectivity index (χ1n) is 11.0. The number of aromatic nitrogens is 1. The van der Waals surface area contributed by atoms with Gasteiger partial charge in [-0.25, -0.2) is 4.79 Å². The average molecular weight is 374 g/mol. The van der Waals surface area contributed by atoms with Crippen molar-refractivity contribution in [1.29, 1.82) is 0 Å². The van der Waals surface area contributed by atoms with Gasteiger partial charge in [-0.1, -0.05) is 89.7 Å². The number of carbonyl (C=O) groups excluding carboxylic acids is 1. The number of ether oxygens (including phenoxy) is 1. The molecular weight excluding hydrogens is 334 g/mol. The second kappa shape index (κ2) is 17.8. The minimum absolute atomic E-state index is 0.306. The average Bonchev–Trinajstić information content (AvgIpc) is 2.70. The molecule has 0 saturated carbocycles. The molecule has 0 atom stereocenters. The lowest BCUT2D eigenvalue weighted by atomic mass is 10.0. The topological polar surface area (TPSA) is 39.2 Å². The Morgan fingerprint density at radius 2 is 1.33 bits per heavy atom. The SMILES string of the molecule is C=CC(=O)OCCCCCCCCCCCCCCCCc1ccccn1. The Hall–Kier alpha value is -1.64. The van der Waals surface area contributed by atoms with E-state index in [0.29, 0.717) is 6.61 Å². The fourth-order valence-corrected chi connectivity index (χ4v) is 3.31. The minimum atomic E-state index is -0.306. The fraction of sp³-hybridized carbons (Fsp3) is 0.667.